The van der Waals surface area contributed by atoms with Crippen molar-refractivity contribution in [1.29, 1.82) is 0 Å². The Labute approximate surface area is 157 Å². The quantitative estimate of drug-likeness (QED) is 0.115. The van der Waals surface area contributed by atoms with Gasteiger partial charge < -0.3 is 38.3 Å². The van der Waals surface area contributed by atoms with Crippen molar-refractivity contribution in [3.63, 3.8) is 0 Å². The predicted molar refractivity (Wildman–Crippen MR) is 97.9 cm³/mol. The first-order valence-corrected chi connectivity index (χ1v) is 8.74. The Morgan fingerprint density at radius 1 is 1.04 bits per heavy atom. The van der Waals surface area contributed by atoms with E-state index in [9.17, 15) is 19.2 Å². The van der Waals surface area contributed by atoms with Crippen molar-refractivity contribution in [2.24, 2.45) is 17.2 Å². The number of amides is 4. The van der Waals surface area contributed by atoms with E-state index < -0.39 is 54.9 Å². The third-order valence-electron chi connectivity index (χ3n) is 3.40. The summed E-state index contributed by atoms with van der Waals surface area (Å²) in [6, 6.07) is -3.04. The number of primary amides is 1. The van der Waals surface area contributed by atoms with Gasteiger partial charge in [-0.1, -0.05) is 0 Å². The number of rotatable bonds is 13. The van der Waals surface area contributed by atoms with Gasteiger partial charge in [0.25, 0.3) is 0 Å². The zero-order chi connectivity index (χ0) is 20.1. The van der Waals surface area contributed by atoms with Crippen molar-refractivity contribution < 1.29 is 24.3 Å². The summed E-state index contributed by atoms with van der Waals surface area (Å²) in [5.41, 5.74) is 15.9. The molecule has 10 N–H and O–H groups in total. The van der Waals surface area contributed by atoms with E-state index in [1.54, 1.807) is 0 Å². The molecule has 0 aliphatic carbocycles. The number of nitrogens with two attached hydrogens (primary N) is 3. The van der Waals surface area contributed by atoms with Crippen LogP contribution in [0, 0.1) is 0 Å². The fourth-order valence-corrected chi connectivity index (χ4v) is 2.14. The Bertz CT molecular complexity index is 492. The second-order valence-corrected chi connectivity index (χ2v) is 5.92. The average molecular weight is 392 g/mol. The first-order valence-electron chi connectivity index (χ1n) is 8.10. The van der Waals surface area contributed by atoms with Crippen LogP contribution in [0.15, 0.2) is 0 Å². The number of unbranched alkanes of at least 4 members (excludes halogenated alkanes) is 1. The minimum atomic E-state index is -1.14. The number of carbonyl (C=O) groups is 4. The topological polar surface area (TPSA) is 203 Å². The van der Waals surface area contributed by atoms with Gasteiger partial charge in [-0.05, 0) is 25.8 Å². The van der Waals surface area contributed by atoms with Gasteiger partial charge in [-0.15, -0.1) is 0 Å². The number of thiol groups is 1. The molecule has 0 rings (SSSR count). The highest BCUT2D eigenvalue weighted by molar-refractivity contribution is 7.80. The molecule has 0 saturated heterocycles. The third-order valence-corrected chi connectivity index (χ3v) is 3.76. The Balaban J connectivity index is 4.75. The monoisotopic (exact) mass is 392 g/mol. The molecule has 3 atom stereocenters. The van der Waals surface area contributed by atoms with Crippen molar-refractivity contribution in [3.8, 4) is 0 Å². The lowest BCUT2D eigenvalue weighted by Crippen LogP contribution is -2.55. The van der Waals surface area contributed by atoms with Gasteiger partial charge in [-0.25, -0.2) is 0 Å². The summed E-state index contributed by atoms with van der Waals surface area (Å²) in [5, 5.41) is 15.9. The Hall–Kier alpha value is -1.89. The number of hydrogen-bond donors (Lipinski definition) is 8. The average Bonchev–Trinajstić information content (AvgIpc) is 2.62. The molecule has 0 fully saturated rings. The van der Waals surface area contributed by atoms with Gasteiger partial charge in [0.05, 0.1) is 13.2 Å². The van der Waals surface area contributed by atoms with E-state index in [1.807, 2.05) is 0 Å². The largest absolute Gasteiger partial charge is 0.394 e. The van der Waals surface area contributed by atoms with E-state index in [4.69, 9.17) is 22.3 Å². The highest BCUT2D eigenvalue weighted by Crippen LogP contribution is 2.02. The SMILES string of the molecule is NCCCC[C@H](NC(=O)CNC(=O)[C@@H](N)CO)C(=O)N[C@@H](CS)C(N)=O. The highest BCUT2D eigenvalue weighted by atomic mass is 32.1. The van der Waals surface area contributed by atoms with E-state index in [0.717, 1.165) is 0 Å². The van der Waals surface area contributed by atoms with Crippen molar-refractivity contribution in [1.82, 2.24) is 16.0 Å². The molecule has 0 unspecified atom stereocenters. The summed E-state index contributed by atoms with van der Waals surface area (Å²) in [4.78, 5) is 46.9. The molecule has 4 amide bonds. The van der Waals surface area contributed by atoms with E-state index in [1.165, 1.54) is 0 Å². The van der Waals surface area contributed by atoms with E-state index >= 15 is 0 Å². The first kappa shape index (κ1) is 24.1. The highest BCUT2D eigenvalue weighted by Gasteiger charge is 2.25. The van der Waals surface area contributed by atoms with Crippen molar-refractivity contribution >= 4 is 36.3 Å². The molecule has 12 heteroatoms. The predicted octanol–water partition coefficient (Wildman–Crippen LogP) is -4.06. The lowest BCUT2D eigenvalue weighted by molar-refractivity contribution is -0.131. The summed E-state index contributed by atoms with van der Waals surface area (Å²) in [6.45, 7) is -0.549. The molecule has 0 spiro atoms. The normalized spacial score (nSPS) is 14.0. The zero-order valence-corrected chi connectivity index (χ0v) is 15.3. The van der Waals surface area contributed by atoms with Gasteiger partial charge in [0.2, 0.25) is 23.6 Å². The number of hydrogen-bond acceptors (Lipinski definition) is 8. The molecule has 0 bridgehead atoms. The van der Waals surface area contributed by atoms with Crippen LogP contribution in [0.5, 0.6) is 0 Å². The molecular formula is C14H28N6O5S. The lowest BCUT2D eigenvalue weighted by atomic mass is 10.1. The van der Waals surface area contributed by atoms with Crippen LogP contribution in [0.4, 0.5) is 0 Å². The van der Waals surface area contributed by atoms with Crippen molar-refractivity contribution in [2.75, 3.05) is 25.4 Å². The Morgan fingerprint density at radius 2 is 1.69 bits per heavy atom. The minimum absolute atomic E-state index is 0.0135. The molecule has 0 aliphatic heterocycles. The van der Waals surface area contributed by atoms with Crippen LogP contribution in [0.25, 0.3) is 0 Å². The maximum atomic E-state index is 12.3. The van der Waals surface area contributed by atoms with Gasteiger partial charge in [-0.2, -0.15) is 12.6 Å². The molecule has 0 radical (unpaired) electrons. The first-order chi connectivity index (χ1) is 12.3. The lowest BCUT2D eigenvalue weighted by Gasteiger charge is -2.21. The molecule has 150 valence electrons. The summed E-state index contributed by atoms with van der Waals surface area (Å²) in [5.74, 6) is -2.65. The van der Waals surface area contributed by atoms with Crippen molar-refractivity contribution in [2.45, 2.75) is 37.4 Å². The number of aliphatic hydroxyl groups is 1. The van der Waals surface area contributed by atoms with Gasteiger partial charge in [0.1, 0.15) is 18.1 Å². The van der Waals surface area contributed by atoms with E-state index in [2.05, 4.69) is 28.6 Å². The second-order valence-electron chi connectivity index (χ2n) is 5.56. The van der Waals surface area contributed by atoms with Crippen molar-refractivity contribution in [3.05, 3.63) is 0 Å². The Morgan fingerprint density at radius 3 is 2.19 bits per heavy atom. The molecule has 0 aromatic carbocycles. The van der Waals surface area contributed by atoms with Gasteiger partial charge in [-0.3, -0.25) is 19.2 Å². The van der Waals surface area contributed by atoms with Crippen LogP contribution in [0.2, 0.25) is 0 Å². The van der Waals surface area contributed by atoms with E-state index in [-0.39, 0.29) is 12.2 Å². The fourth-order valence-electron chi connectivity index (χ4n) is 1.87. The van der Waals surface area contributed by atoms with E-state index in [0.29, 0.717) is 19.4 Å². The molecule has 11 nitrogen and oxygen atoms in total. The molecule has 0 aromatic heterocycles. The van der Waals surface area contributed by atoms with Crippen LogP contribution in [0.1, 0.15) is 19.3 Å². The molecule has 0 aliphatic rings. The van der Waals surface area contributed by atoms with Crippen LogP contribution < -0.4 is 33.2 Å². The van der Waals surface area contributed by atoms with Crippen LogP contribution >= 0.6 is 12.6 Å². The second kappa shape index (κ2) is 13.3. The molecule has 0 heterocycles. The van der Waals surface area contributed by atoms with Crippen LogP contribution in [0.3, 0.4) is 0 Å². The fraction of sp³-hybridized carbons (Fsp3) is 0.714. The molecular weight excluding hydrogens is 364 g/mol. The standard InChI is InChI=1S/C14H28N6O5S/c15-4-2-1-3-9(14(25)20-10(7-26)12(17)23)19-11(22)5-18-13(24)8(16)6-21/h8-10,21,26H,1-7,15-16H2,(H2,17,23)(H,18,24)(H,19,22)(H,20,25)/t8-,9-,10-/m0/s1. The summed E-state index contributed by atoms with van der Waals surface area (Å²) in [6.07, 6.45) is 1.50. The summed E-state index contributed by atoms with van der Waals surface area (Å²) >= 11 is 3.94. The number of nitrogens with one attached hydrogen (secondary N) is 3. The maximum absolute atomic E-state index is 12.3. The number of carbonyl (C=O) groups excluding carboxylic acids is 4. The minimum Gasteiger partial charge on any atom is -0.394 e. The van der Waals surface area contributed by atoms with Gasteiger partial charge >= 0.3 is 0 Å². The van der Waals surface area contributed by atoms with Gasteiger partial charge in [0.15, 0.2) is 0 Å². The molecule has 0 saturated carbocycles. The summed E-state index contributed by atoms with van der Waals surface area (Å²) < 4.78 is 0. The zero-order valence-electron chi connectivity index (χ0n) is 14.4. The molecule has 26 heavy (non-hydrogen) atoms. The van der Waals surface area contributed by atoms with Gasteiger partial charge in [0, 0.05) is 5.75 Å². The smallest absolute Gasteiger partial charge is 0.243 e. The third kappa shape index (κ3) is 9.56. The number of aliphatic hydroxyl groups excluding tert-OH is 1. The van der Waals surface area contributed by atoms with Crippen LogP contribution in [-0.2, 0) is 19.2 Å². The Kier molecular flexibility index (Phi) is 12.4. The molecule has 0 aromatic rings. The summed E-state index contributed by atoms with van der Waals surface area (Å²) in [7, 11) is 0. The maximum Gasteiger partial charge on any atom is 0.243 e. The van der Waals surface area contributed by atoms with Crippen LogP contribution in [-0.4, -0.2) is 72.3 Å².